The maximum Gasteiger partial charge on any atom is 0.262 e. The Balaban J connectivity index is 1.98. The number of carbonyl (C=O) groups excluding carboxylic acids is 1. The molecule has 0 aromatic carbocycles. The Morgan fingerprint density at radius 1 is 1.53 bits per heavy atom. The normalized spacial score (nSPS) is 20.2. The molecule has 0 saturated heterocycles. The number of nitrogens with one attached hydrogen (secondary N) is 1. The lowest BCUT2D eigenvalue weighted by molar-refractivity contribution is 0.0938. The second kappa shape index (κ2) is 4.94. The molecule has 1 N–H and O–H groups in total. The summed E-state index contributed by atoms with van der Waals surface area (Å²) in [6, 6.07) is 2.21. The molecule has 0 aliphatic heterocycles. The predicted octanol–water partition coefficient (Wildman–Crippen LogP) is 3.35. The van der Waals surface area contributed by atoms with Gasteiger partial charge in [0.15, 0.2) is 0 Å². The number of thiophene rings is 1. The standard InChI is InChI=1S/C11H12BrNOS/c12-9-6-7-15-10(9)11(14)13-8-4-2-1-3-5-8/h1-2,6-8H,3-5H2,(H,13,14)/t8-/m1/s1. The van der Waals surface area contributed by atoms with Gasteiger partial charge in [0, 0.05) is 10.5 Å². The van der Waals surface area contributed by atoms with Crippen LogP contribution < -0.4 is 5.32 Å². The molecule has 1 atom stereocenters. The molecule has 0 radical (unpaired) electrons. The first kappa shape index (κ1) is 10.9. The summed E-state index contributed by atoms with van der Waals surface area (Å²) in [5, 5.41) is 4.97. The lowest BCUT2D eigenvalue weighted by atomic mass is 10.0. The maximum atomic E-state index is 11.8. The summed E-state index contributed by atoms with van der Waals surface area (Å²) in [7, 11) is 0. The Kier molecular flexibility index (Phi) is 3.59. The van der Waals surface area contributed by atoms with E-state index in [1.807, 2.05) is 11.4 Å². The van der Waals surface area contributed by atoms with Crippen molar-refractivity contribution in [3.63, 3.8) is 0 Å². The average molecular weight is 286 g/mol. The molecular formula is C11H12BrNOS. The molecule has 1 aliphatic carbocycles. The molecule has 1 amide bonds. The van der Waals surface area contributed by atoms with Crippen LogP contribution in [0.4, 0.5) is 0 Å². The molecule has 2 rings (SSSR count). The van der Waals surface area contributed by atoms with Gasteiger partial charge in [-0.05, 0) is 46.6 Å². The van der Waals surface area contributed by atoms with E-state index in [1.165, 1.54) is 11.3 Å². The van der Waals surface area contributed by atoms with Gasteiger partial charge in [-0.2, -0.15) is 0 Å². The predicted molar refractivity (Wildman–Crippen MR) is 66.3 cm³/mol. The summed E-state index contributed by atoms with van der Waals surface area (Å²) >= 11 is 4.84. The zero-order valence-corrected chi connectivity index (χ0v) is 10.6. The van der Waals surface area contributed by atoms with Gasteiger partial charge in [0.2, 0.25) is 0 Å². The quantitative estimate of drug-likeness (QED) is 0.830. The largest absolute Gasteiger partial charge is 0.348 e. The summed E-state index contributed by atoms with van der Waals surface area (Å²) < 4.78 is 0.886. The van der Waals surface area contributed by atoms with Crippen molar-refractivity contribution < 1.29 is 4.79 Å². The number of amides is 1. The van der Waals surface area contributed by atoms with Crippen LogP contribution >= 0.6 is 27.3 Å². The van der Waals surface area contributed by atoms with Crippen molar-refractivity contribution >= 4 is 33.2 Å². The molecule has 1 aromatic heterocycles. The molecule has 0 unspecified atom stereocenters. The molecule has 2 nitrogen and oxygen atoms in total. The van der Waals surface area contributed by atoms with Crippen LogP contribution in [0.15, 0.2) is 28.1 Å². The fourth-order valence-electron chi connectivity index (χ4n) is 1.63. The third-order valence-electron chi connectivity index (χ3n) is 2.43. The fraction of sp³-hybridized carbons (Fsp3) is 0.364. The number of hydrogen-bond acceptors (Lipinski definition) is 2. The van der Waals surface area contributed by atoms with Gasteiger partial charge in [0.1, 0.15) is 4.88 Å². The minimum Gasteiger partial charge on any atom is -0.348 e. The van der Waals surface area contributed by atoms with E-state index in [1.54, 1.807) is 0 Å². The summed E-state index contributed by atoms with van der Waals surface area (Å²) in [5.74, 6) is 0.0391. The molecule has 1 aliphatic rings. The Bertz CT molecular complexity index is 386. The van der Waals surface area contributed by atoms with Crippen LogP contribution in [0.1, 0.15) is 28.9 Å². The van der Waals surface area contributed by atoms with E-state index in [0.29, 0.717) is 6.04 Å². The van der Waals surface area contributed by atoms with E-state index in [2.05, 4.69) is 33.4 Å². The Morgan fingerprint density at radius 3 is 3.00 bits per heavy atom. The number of allylic oxidation sites excluding steroid dienone is 1. The molecule has 1 heterocycles. The van der Waals surface area contributed by atoms with Gasteiger partial charge in [0.05, 0.1) is 0 Å². The van der Waals surface area contributed by atoms with Gasteiger partial charge in [-0.25, -0.2) is 0 Å². The van der Waals surface area contributed by atoms with E-state index in [0.717, 1.165) is 28.6 Å². The molecule has 4 heteroatoms. The van der Waals surface area contributed by atoms with E-state index in [4.69, 9.17) is 0 Å². The lowest BCUT2D eigenvalue weighted by Gasteiger charge is -2.18. The summed E-state index contributed by atoms with van der Waals surface area (Å²) in [4.78, 5) is 12.6. The molecule has 1 aromatic rings. The average Bonchev–Trinajstić information content (AvgIpc) is 2.66. The van der Waals surface area contributed by atoms with Gasteiger partial charge in [-0.3, -0.25) is 4.79 Å². The summed E-state index contributed by atoms with van der Waals surface area (Å²) in [5.41, 5.74) is 0. The lowest BCUT2D eigenvalue weighted by Crippen LogP contribution is -2.34. The van der Waals surface area contributed by atoms with Gasteiger partial charge in [-0.1, -0.05) is 12.2 Å². The molecular weight excluding hydrogens is 274 g/mol. The van der Waals surface area contributed by atoms with E-state index in [-0.39, 0.29) is 5.91 Å². The van der Waals surface area contributed by atoms with Gasteiger partial charge in [-0.15, -0.1) is 11.3 Å². The van der Waals surface area contributed by atoms with Crippen LogP contribution in [0.2, 0.25) is 0 Å². The second-order valence-corrected chi connectivity index (χ2v) is 5.32. The minimum absolute atomic E-state index is 0.0391. The van der Waals surface area contributed by atoms with Crippen molar-refractivity contribution in [3.8, 4) is 0 Å². The highest BCUT2D eigenvalue weighted by atomic mass is 79.9. The highest BCUT2D eigenvalue weighted by Gasteiger charge is 2.16. The highest BCUT2D eigenvalue weighted by molar-refractivity contribution is 9.10. The summed E-state index contributed by atoms with van der Waals surface area (Å²) in [6.45, 7) is 0. The van der Waals surface area contributed by atoms with Crippen LogP contribution in [0, 0.1) is 0 Å². The Labute approximate surface area is 102 Å². The maximum absolute atomic E-state index is 11.8. The molecule has 15 heavy (non-hydrogen) atoms. The van der Waals surface area contributed by atoms with E-state index >= 15 is 0 Å². The Morgan fingerprint density at radius 2 is 2.40 bits per heavy atom. The highest BCUT2D eigenvalue weighted by Crippen LogP contribution is 2.23. The third-order valence-corrected chi connectivity index (χ3v) is 4.26. The van der Waals surface area contributed by atoms with Crippen LogP contribution in [0.3, 0.4) is 0 Å². The molecule has 0 fully saturated rings. The van der Waals surface area contributed by atoms with Crippen molar-refractivity contribution in [1.82, 2.24) is 5.32 Å². The van der Waals surface area contributed by atoms with Crippen LogP contribution in [0.25, 0.3) is 0 Å². The van der Waals surface area contributed by atoms with Crippen molar-refractivity contribution in [2.45, 2.75) is 25.3 Å². The van der Waals surface area contributed by atoms with Crippen molar-refractivity contribution in [2.75, 3.05) is 0 Å². The topological polar surface area (TPSA) is 29.1 Å². The monoisotopic (exact) mass is 285 g/mol. The molecule has 80 valence electrons. The molecule has 0 bridgehead atoms. The minimum atomic E-state index is 0.0391. The fourth-order valence-corrected chi connectivity index (χ4v) is 3.09. The first-order valence-corrected chi connectivity index (χ1v) is 6.63. The van der Waals surface area contributed by atoms with Crippen LogP contribution in [-0.4, -0.2) is 11.9 Å². The van der Waals surface area contributed by atoms with Gasteiger partial charge in [0.25, 0.3) is 5.91 Å². The first-order chi connectivity index (χ1) is 7.27. The first-order valence-electron chi connectivity index (χ1n) is 4.96. The third kappa shape index (κ3) is 2.69. The Hall–Kier alpha value is -0.610. The van der Waals surface area contributed by atoms with E-state index < -0.39 is 0 Å². The summed E-state index contributed by atoms with van der Waals surface area (Å²) in [6.07, 6.45) is 7.37. The van der Waals surface area contributed by atoms with Crippen LogP contribution in [-0.2, 0) is 0 Å². The van der Waals surface area contributed by atoms with Crippen molar-refractivity contribution in [3.05, 3.63) is 32.9 Å². The zero-order valence-electron chi connectivity index (χ0n) is 8.20. The van der Waals surface area contributed by atoms with Crippen molar-refractivity contribution in [1.29, 1.82) is 0 Å². The smallest absolute Gasteiger partial charge is 0.262 e. The number of rotatable bonds is 2. The zero-order chi connectivity index (χ0) is 10.7. The van der Waals surface area contributed by atoms with Crippen LogP contribution in [0.5, 0.6) is 0 Å². The number of carbonyl (C=O) groups is 1. The molecule has 0 spiro atoms. The van der Waals surface area contributed by atoms with Gasteiger partial charge < -0.3 is 5.32 Å². The SMILES string of the molecule is O=C(N[C@@H]1CC=CCC1)c1sccc1Br. The number of hydrogen-bond donors (Lipinski definition) is 1. The second-order valence-electron chi connectivity index (χ2n) is 3.55. The van der Waals surface area contributed by atoms with E-state index in [9.17, 15) is 4.79 Å². The van der Waals surface area contributed by atoms with Gasteiger partial charge >= 0.3 is 0 Å². The number of halogens is 1. The molecule has 0 saturated carbocycles. The van der Waals surface area contributed by atoms with Crippen molar-refractivity contribution in [2.24, 2.45) is 0 Å².